The Morgan fingerprint density at radius 2 is 0.605 bits per heavy atom. The van der Waals surface area contributed by atoms with E-state index in [0.717, 1.165) is 137 Å². The fourth-order valence-electron chi connectivity index (χ4n) is 17.0. The van der Waals surface area contributed by atoms with Crippen molar-refractivity contribution in [2.45, 2.75) is 0 Å². The maximum absolute atomic E-state index is 6.92. The first-order valence-corrected chi connectivity index (χ1v) is 41.2. The average molecular weight is 1530 g/mol. The van der Waals surface area contributed by atoms with Gasteiger partial charge in [0.05, 0.1) is 0 Å². The largest absolute Gasteiger partial charge is 0.456 e. The van der Waals surface area contributed by atoms with Crippen molar-refractivity contribution in [2.75, 3.05) is 0 Å². The van der Waals surface area contributed by atoms with Gasteiger partial charge in [0.25, 0.3) is 0 Å². The molecule has 0 fully saturated rings. The normalized spacial score (nSPS) is 12.0. The van der Waals surface area contributed by atoms with Crippen LogP contribution < -0.4 is 0 Å². The Labute approximate surface area is 667 Å². The van der Waals surface area contributed by atoms with Crippen LogP contribution in [-0.2, 0) is 0 Å². The Bertz CT molecular complexity index is 8080. The van der Waals surface area contributed by atoms with Crippen molar-refractivity contribution in [1.29, 1.82) is 0 Å². The molecule has 0 radical (unpaired) electrons. The molecule has 0 aliphatic carbocycles. The second-order valence-corrected chi connectivity index (χ2v) is 33.3. The van der Waals surface area contributed by atoms with E-state index in [1.165, 1.54) is 76.9 Å². The lowest BCUT2D eigenvalue weighted by Gasteiger charge is -2.14. The van der Waals surface area contributed by atoms with Crippen LogP contribution in [0.25, 0.3) is 249 Å². The molecular weight excluding hydrogens is 1470 g/mol. The van der Waals surface area contributed by atoms with Crippen LogP contribution in [0.4, 0.5) is 0 Å². The summed E-state index contributed by atoms with van der Waals surface area (Å²) in [5.41, 5.74) is 20.1. The van der Waals surface area contributed by atoms with Gasteiger partial charge in [0, 0.05) is 147 Å². The van der Waals surface area contributed by atoms with E-state index in [0.29, 0.717) is 34.9 Å². The maximum Gasteiger partial charge on any atom is 0.164 e. The molecule has 0 aliphatic rings. The van der Waals surface area contributed by atoms with Gasteiger partial charge in [-0.15, -0.1) is 45.3 Å². The van der Waals surface area contributed by atoms with Gasteiger partial charge >= 0.3 is 0 Å². The second-order valence-electron chi connectivity index (χ2n) is 29.1. The van der Waals surface area contributed by atoms with Crippen LogP contribution in [-0.4, -0.2) is 29.9 Å². The van der Waals surface area contributed by atoms with Crippen molar-refractivity contribution in [3.8, 4) is 124 Å². The Balaban J connectivity index is 0.598. The summed E-state index contributed by atoms with van der Waals surface area (Å²) in [4.78, 5) is 31.1. The molecule has 0 saturated carbocycles. The highest BCUT2D eigenvalue weighted by Gasteiger charge is 2.26. The summed E-state index contributed by atoms with van der Waals surface area (Å²) < 4.78 is 23.4. The zero-order valence-electron chi connectivity index (χ0n) is 60.5. The van der Waals surface area contributed by atoms with Crippen molar-refractivity contribution < 1.29 is 8.83 Å². The molecular formula is C102H56N6O2S4. The minimum Gasteiger partial charge on any atom is -0.456 e. The van der Waals surface area contributed by atoms with Gasteiger partial charge in [-0.2, -0.15) is 0 Å². The predicted octanol–water partition coefficient (Wildman–Crippen LogP) is 29.7. The van der Waals surface area contributed by atoms with Gasteiger partial charge < -0.3 is 8.83 Å². The standard InChI is InChI=1S/C102H56N6O2S4/c1-4-20-57(21-5-1)97-103-98(58-22-6-2-7-23-58)106-101(105-97)64-38-42-72-79-50-61(41-47-89(79)112-90(72)55-64)67-51-80(92-76-30-11-15-35-84(76)109-85(92)54-67)73-45-44-68(96-93(73)77-31-13-17-37-87(77)114-96)62-26-18-27-63(48-62)100-104-99(59-24-8-3-9-25-59)107-102(108-100)65-39-43-71-78-49-60(40-46-88(78)111-91(71)56-65)66-52-81-69-28-10-14-34-83(69)110-94(81)82(53-66)75-33-19-32-74-70-29-12-16-36-86(70)113-95(74)75/h1-56H. The monoisotopic (exact) mass is 1520 g/mol. The highest BCUT2D eigenvalue weighted by molar-refractivity contribution is 7.27. The summed E-state index contributed by atoms with van der Waals surface area (Å²) in [5.74, 6) is 3.71. The smallest absolute Gasteiger partial charge is 0.164 e. The summed E-state index contributed by atoms with van der Waals surface area (Å²) >= 11 is 7.26. The van der Waals surface area contributed by atoms with Gasteiger partial charge in [-0.25, -0.2) is 29.9 Å². The van der Waals surface area contributed by atoms with Crippen LogP contribution >= 0.6 is 45.3 Å². The van der Waals surface area contributed by atoms with E-state index in [1.54, 1.807) is 22.7 Å². The van der Waals surface area contributed by atoms with Crippen molar-refractivity contribution in [2.24, 2.45) is 0 Å². The van der Waals surface area contributed by atoms with Crippen molar-refractivity contribution in [3.05, 3.63) is 340 Å². The molecule has 0 saturated heterocycles. The average Bonchev–Trinajstić information content (AvgIpc) is 1.57. The number of aromatic nitrogens is 6. The zero-order chi connectivity index (χ0) is 74.6. The quantitative estimate of drug-likeness (QED) is 0.126. The molecule has 24 aromatic rings. The molecule has 530 valence electrons. The molecule has 0 amide bonds. The molecule has 0 unspecified atom stereocenters. The van der Waals surface area contributed by atoms with Crippen molar-refractivity contribution in [3.63, 3.8) is 0 Å². The van der Waals surface area contributed by atoms with E-state index < -0.39 is 0 Å². The minimum atomic E-state index is 0.593. The van der Waals surface area contributed by atoms with Crippen molar-refractivity contribution in [1.82, 2.24) is 29.9 Å². The third-order valence-electron chi connectivity index (χ3n) is 22.4. The molecule has 114 heavy (non-hydrogen) atoms. The lowest BCUT2D eigenvalue weighted by molar-refractivity contribution is 0.669. The molecule has 24 rings (SSSR count). The molecule has 0 aliphatic heterocycles. The number of fused-ring (bicyclic) bond motifs is 18. The van der Waals surface area contributed by atoms with Crippen LogP contribution in [0.3, 0.4) is 0 Å². The SMILES string of the molecule is c1ccc(-c2nc(-c3ccccc3)nc(-c3ccc4c(c3)sc3ccc(-c5cc(-c6ccc(-c7cccc(-c8nc(-c9ccccc9)nc(-c9ccc%10c(c9)sc9ccc(-c%11cc(-c%12cccc%13c%12sc%12ccccc%12%13)c%12oc%13ccccc%13c%12c%11)cc9%10)n8)c7)c7sc8ccccc8c67)c6c(c5)oc5ccccc56)cc34)n2)cc1. The molecule has 0 bridgehead atoms. The van der Waals surface area contributed by atoms with Crippen molar-refractivity contribution >= 4 is 170 Å². The summed E-state index contributed by atoms with van der Waals surface area (Å²) in [5, 5.41) is 14.0. The fraction of sp³-hybridized carbons (Fsp3) is 0. The van der Waals surface area contributed by atoms with Gasteiger partial charge in [0.15, 0.2) is 34.9 Å². The van der Waals surface area contributed by atoms with E-state index in [2.05, 4.69) is 261 Å². The van der Waals surface area contributed by atoms with Crippen LogP contribution in [0.1, 0.15) is 0 Å². The summed E-state index contributed by atoms with van der Waals surface area (Å²) in [6.07, 6.45) is 0. The molecule has 0 atom stereocenters. The maximum atomic E-state index is 6.92. The van der Waals surface area contributed by atoms with Gasteiger partial charge in [-0.3, -0.25) is 0 Å². The first-order chi connectivity index (χ1) is 56.4. The third kappa shape index (κ3) is 10.6. The lowest BCUT2D eigenvalue weighted by Crippen LogP contribution is -2.00. The molecule has 8 aromatic heterocycles. The molecule has 0 N–H and O–H groups in total. The summed E-state index contributed by atoms with van der Waals surface area (Å²) in [7, 11) is 0. The number of thiophene rings is 4. The van der Waals surface area contributed by atoms with E-state index >= 15 is 0 Å². The Morgan fingerprint density at radius 1 is 0.175 bits per heavy atom. The molecule has 16 aromatic carbocycles. The molecule has 12 heteroatoms. The van der Waals surface area contributed by atoms with E-state index in [1.807, 2.05) is 102 Å². The number of benzene rings is 16. The number of para-hydroxylation sites is 2. The fourth-order valence-corrected chi connectivity index (χ4v) is 21.7. The van der Waals surface area contributed by atoms with Gasteiger partial charge in [-0.1, -0.05) is 249 Å². The zero-order valence-corrected chi connectivity index (χ0v) is 63.7. The van der Waals surface area contributed by atoms with E-state index in [-0.39, 0.29) is 0 Å². The summed E-state index contributed by atoms with van der Waals surface area (Å²) in [6.45, 7) is 0. The third-order valence-corrected chi connectivity index (χ3v) is 27.1. The first kappa shape index (κ1) is 64.8. The Hall–Kier alpha value is -14.0. The number of hydrogen-bond donors (Lipinski definition) is 0. The Kier molecular flexibility index (Phi) is 14.7. The molecule has 8 heterocycles. The van der Waals surface area contributed by atoms with Crippen LogP contribution in [0.2, 0.25) is 0 Å². The summed E-state index contributed by atoms with van der Waals surface area (Å²) in [6, 6.07) is 121. The number of furan rings is 2. The van der Waals surface area contributed by atoms with E-state index in [9.17, 15) is 0 Å². The molecule has 8 nitrogen and oxygen atoms in total. The lowest BCUT2D eigenvalue weighted by atomic mass is 9.90. The second kappa shape index (κ2) is 25.8. The predicted molar refractivity (Wildman–Crippen MR) is 479 cm³/mol. The van der Waals surface area contributed by atoms with Gasteiger partial charge in [0.1, 0.15) is 22.3 Å². The number of rotatable bonds is 11. The first-order valence-electron chi connectivity index (χ1n) is 37.9. The van der Waals surface area contributed by atoms with Gasteiger partial charge in [0.2, 0.25) is 0 Å². The minimum absolute atomic E-state index is 0.593. The molecule has 0 spiro atoms. The number of nitrogens with zero attached hydrogens (tertiary/aromatic N) is 6. The topological polar surface area (TPSA) is 104 Å². The van der Waals surface area contributed by atoms with Gasteiger partial charge in [-0.05, 0) is 136 Å². The highest BCUT2D eigenvalue weighted by atomic mass is 32.1. The van der Waals surface area contributed by atoms with Crippen LogP contribution in [0.15, 0.2) is 349 Å². The number of hydrogen-bond acceptors (Lipinski definition) is 12. The Morgan fingerprint density at radius 3 is 1.23 bits per heavy atom. The highest BCUT2D eigenvalue weighted by Crippen LogP contribution is 2.52. The van der Waals surface area contributed by atoms with E-state index in [4.69, 9.17) is 38.7 Å². The van der Waals surface area contributed by atoms with Crippen LogP contribution in [0.5, 0.6) is 0 Å². The van der Waals surface area contributed by atoms with Crippen LogP contribution in [0, 0.1) is 0 Å².